The fraction of sp³-hybridized carbons (Fsp3) is 0.562. The Bertz CT molecular complexity index is 458. The van der Waals surface area contributed by atoms with Crippen molar-refractivity contribution in [1.82, 2.24) is 4.90 Å². The lowest BCUT2D eigenvalue weighted by atomic mass is 10.00. The van der Waals surface area contributed by atoms with Crippen molar-refractivity contribution in [3.05, 3.63) is 23.3 Å². The normalized spacial score (nSPS) is 9.82. The molecule has 1 rings (SSSR count). The molecule has 0 saturated carbocycles. The van der Waals surface area contributed by atoms with Crippen molar-refractivity contribution in [1.29, 1.82) is 0 Å². The molecule has 0 heterocycles. The highest BCUT2D eigenvalue weighted by Gasteiger charge is 2.11. The first-order valence-corrected chi connectivity index (χ1v) is 6.95. The van der Waals surface area contributed by atoms with Gasteiger partial charge in [0.15, 0.2) is 0 Å². The van der Waals surface area contributed by atoms with Crippen LogP contribution in [0.2, 0.25) is 0 Å². The van der Waals surface area contributed by atoms with Crippen LogP contribution in [0.4, 0.5) is 0 Å². The Morgan fingerprint density at radius 1 is 1.32 bits per heavy atom. The first-order valence-electron chi connectivity index (χ1n) is 6.95. The molecule has 22 heavy (non-hydrogen) atoms. The van der Waals surface area contributed by atoms with E-state index in [0.717, 1.165) is 30.3 Å². The van der Waals surface area contributed by atoms with Gasteiger partial charge in [0.05, 0.1) is 0 Å². The van der Waals surface area contributed by atoms with Crippen molar-refractivity contribution < 1.29 is 19.7 Å². The second-order valence-corrected chi connectivity index (χ2v) is 5.50. The molecule has 0 aliphatic carbocycles. The lowest BCUT2D eigenvalue weighted by molar-refractivity contribution is -0.134. The summed E-state index contributed by atoms with van der Waals surface area (Å²) in [4.78, 5) is 11.1. The van der Waals surface area contributed by atoms with E-state index in [4.69, 9.17) is 14.6 Å². The minimum atomic E-state index is -0.833. The largest absolute Gasteiger partial charge is 0.508 e. The van der Waals surface area contributed by atoms with E-state index in [1.54, 1.807) is 0 Å². The summed E-state index contributed by atoms with van der Waals surface area (Å²) >= 11 is 0. The highest BCUT2D eigenvalue weighted by molar-refractivity contribution is 5.85. The number of aliphatic carboxylic acids is 1. The van der Waals surface area contributed by atoms with Crippen LogP contribution < -0.4 is 4.74 Å². The van der Waals surface area contributed by atoms with E-state index in [1.807, 2.05) is 33.2 Å². The molecule has 0 amide bonds. The second kappa shape index (κ2) is 11.2. The molecule has 0 spiro atoms. The summed E-state index contributed by atoms with van der Waals surface area (Å²) in [6, 6.07) is 3.73. The highest BCUT2D eigenvalue weighted by atomic mass is 35.5. The molecule has 0 aliphatic rings. The summed E-state index contributed by atoms with van der Waals surface area (Å²) in [7, 11) is 4.05. The van der Waals surface area contributed by atoms with E-state index in [1.165, 1.54) is 0 Å². The van der Waals surface area contributed by atoms with Gasteiger partial charge in [-0.3, -0.25) is 4.79 Å². The smallest absolute Gasteiger partial charge is 0.300 e. The zero-order valence-corrected chi connectivity index (χ0v) is 15.0. The van der Waals surface area contributed by atoms with Crippen molar-refractivity contribution in [2.75, 3.05) is 27.2 Å². The SMILES string of the molecule is CC(=O)O.Cc1cc(OCCN(C)C)c(C(C)C)cc1O.Cl. The third kappa shape index (κ3) is 9.47. The summed E-state index contributed by atoms with van der Waals surface area (Å²) in [5, 5.41) is 17.1. The van der Waals surface area contributed by atoms with E-state index >= 15 is 0 Å². The van der Waals surface area contributed by atoms with Gasteiger partial charge in [0, 0.05) is 19.0 Å². The molecular weight excluding hydrogens is 306 g/mol. The Morgan fingerprint density at radius 2 is 1.82 bits per heavy atom. The highest BCUT2D eigenvalue weighted by Crippen LogP contribution is 2.32. The molecule has 128 valence electrons. The van der Waals surface area contributed by atoms with Crippen LogP contribution in [0.15, 0.2) is 12.1 Å². The number of benzene rings is 1. The number of aryl methyl sites for hydroxylation is 1. The number of hydrogen-bond acceptors (Lipinski definition) is 4. The maximum atomic E-state index is 9.72. The van der Waals surface area contributed by atoms with E-state index in [0.29, 0.717) is 18.3 Å². The summed E-state index contributed by atoms with van der Waals surface area (Å²) in [6.07, 6.45) is 0. The third-order valence-corrected chi connectivity index (χ3v) is 2.75. The third-order valence-electron chi connectivity index (χ3n) is 2.75. The average molecular weight is 334 g/mol. The summed E-state index contributed by atoms with van der Waals surface area (Å²) in [6.45, 7) is 8.72. The van der Waals surface area contributed by atoms with Crippen LogP contribution in [0.3, 0.4) is 0 Å². The fourth-order valence-corrected chi connectivity index (χ4v) is 1.60. The number of rotatable bonds is 5. The maximum Gasteiger partial charge on any atom is 0.300 e. The zero-order valence-electron chi connectivity index (χ0n) is 14.2. The monoisotopic (exact) mass is 333 g/mol. The van der Waals surface area contributed by atoms with Crippen molar-refractivity contribution in [3.63, 3.8) is 0 Å². The van der Waals surface area contributed by atoms with Gasteiger partial charge < -0.3 is 19.8 Å². The van der Waals surface area contributed by atoms with Crippen LogP contribution in [0.5, 0.6) is 11.5 Å². The van der Waals surface area contributed by atoms with Crippen LogP contribution in [0, 0.1) is 6.92 Å². The first kappa shape index (κ1) is 22.8. The number of hydrogen-bond donors (Lipinski definition) is 2. The zero-order chi connectivity index (χ0) is 16.6. The van der Waals surface area contributed by atoms with Crippen LogP contribution in [-0.4, -0.2) is 48.3 Å². The number of carbonyl (C=O) groups is 1. The standard InChI is InChI=1S/C14H23NO2.C2H4O2.ClH/c1-10(2)12-9-13(16)11(3)8-14(12)17-7-6-15(4)5;1-2(3)4;/h8-10,16H,6-7H2,1-5H3;1H3,(H,3,4);1H. The van der Waals surface area contributed by atoms with Gasteiger partial charge >= 0.3 is 0 Å². The van der Waals surface area contributed by atoms with E-state index in [-0.39, 0.29) is 12.4 Å². The number of carboxylic acid groups (broad SMARTS) is 1. The van der Waals surface area contributed by atoms with Crippen LogP contribution in [0.1, 0.15) is 37.8 Å². The van der Waals surface area contributed by atoms with Crippen molar-refractivity contribution in [3.8, 4) is 11.5 Å². The molecule has 0 aliphatic heterocycles. The Kier molecular flexibility index (Phi) is 11.6. The summed E-state index contributed by atoms with van der Waals surface area (Å²) < 4.78 is 5.79. The lowest BCUT2D eigenvalue weighted by Gasteiger charge is -2.17. The average Bonchev–Trinajstić information content (AvgIpc) is 2.31. The van der Waals surface area contributed by atoms with Gasteiger partial charge in [0.2, 0.25) is 0 Å². The molecule has 0 aromatic heterocycles. The maximum absolute atomic E-state index is 9.72. The fourth-order valence-electron chi connectivity index (χ4n) is 1.60. The molecule has 0 fully saturated rings. The minimum absolute atomic E-state index is 0. The number of phenolic OH excluding ortho intramolecular Hbond substituents is 1. The number of phenols is 1. The number of halogens is 1. The molecule has 0 radical (unpaired) electrons. The molecule has 6 heteroatoms. The molecule has 0 bridgehead atoms. The molecule has 0 saturated heterocycles. The predicted molar refractivity (Wildman–Crippen MR) is 91.5 cm³/mol. The number of aromatic hydroxyl groups is 1. The van der Waals surface area contributed by atoms with Gasteiger partial charge in [-0.25, -0.2) is 0 Å². The van der Waals surface area contributed by atoms with Crippen molar-refractivity contribution in [2.45, 2.75) is 33.6 Å². The van der Waals surface area contributed by atoms with E-state index < -0.39 is 5.97 Å². The number of nitrogens with zero attached hydrogens (tertiary/aromatic N) is 1. The Morgan fingerprint density at radius 3 is 2.23 bits per heavy atom. The molecule has 0 unspecified atom stereocenters. The number of likely N-dealkylation sites (N-methyl/N-ethyl adjacent to an activating group) is 1. The Labute approximate surface area is 139 Å². The molecule has 5 nitrogen and oxygen atoms in total. The molecule has 2 N–H and O–H groups in total. The molecule has 1 aromatic carbocycles. The quantitative estimate of drug-likeness (QED) is 0.865. The van der Waals surface area contributed by atoms with Gasteiger partial charge in [-0.2, -0.15) is 0 Å². The summed E-state index contributed by atoms with van der Waals surface area (Å²) in [5.41, 5.74) is 1.92. The van der Waals surface area contributed by atoms with Crippen molar-refractivity contribution >= 4 is 18.4 Å². The molecular formula is C16H28ClNO4. The van der Waals surface area contributed by atoms with Crippen molar-refractivity contribution in [2.24, 2.45) is 0 Å². The Hall–Kier alpha value is -1.46. The van der Waals surface area contributed by atoms with Crippen LogP contribution in [0.25, 0.3) is 0 Å². The van der Waals surface area contributed by atoms with E-state index in [9.17, 15) is 5.11 Å². The summed E-state index contributed by atoms with van der Waals surface area (Å²) in [5.74, 6) is 0.738. The lowest BCUT2D eigenvalue weighted by Crippen LogP contribution is -2.19. The topological polar surface area (TPSA) is 70.0 Å². The number of carboxylic acids is 1. The Balaban J connectivity index is 0. The number of ether oxygens (including phenoxy) is 1. The molecule has 0 atom stereocenters. The van der Waals surface area contributed by atoms with Gasteiger partial charge in [-0.1, -0.05) is 13.8 Å². The van der Waals surface area contributed by atoms with Gasteiger partial charge in [-0.15, -0.1) is 12.4 Å². The second-order valence-electron chi connectivity index (χ2n) is 5.50. The molecule has 1 aromatic rings. The van der Waals surface area contributed by atoms with Gasteiger partial charge in [0.25, 0.3) is 5.97 Å². The van der Waals surface area contributed by atoms with Crippen LogP contribution >= 0.6 is 12.4 Å². The van der Waals surface area contributed by atoms with Crippen LogP contribution in [-0.2, 0) is 4.79 Å². The van der Waals surface area contributed by atoms with Gasteiger partial charge in [-0.05, 0) is 44.6 Å². The minimum Gasteiger partial charge on any atom is -0.508 e. The first-order chi connectivity index (χ1) is 9.65. The predicted octanol–water partition coefficient (Wildman–Crippen LogP) is 3.28. The van der Waals surface area contributed by atoms with Gasteiger partial charge in [0.1, 0.15) is 18.1 Å². The van der Waals surface area contributed by atoms with E-state index in [2.05, 4.69) is 18.7 Å².